The molecule has 0 saturated heterocycles. The number of hydroxylamine groups is 1. The summed E-state index contributed by atoms with van der Waals surface area (Å²) in [6.07, 6.45) is 7.01. The van der Waals surface area contributed by atoms with Crippen LogP contribution >= 0.6 is 0 Å². The summed E-state index contributed by atoms with van der Waals surface area (Å²) in [4.78, 5) is 0. The van der Waals surface area contributed by atoms with Gasteiger partial charge in [-0.05, 0) is 12.8 Å². The molecule has 1 heterocycles. The van der Waals surface area contributed by atoms with Gasteiger partial charge in [0.15, 0.2) is 11.8 Å². The SMILES string of the molecule is C=CCCC1CCCC(C)=[N+]1[O-]. The van der Waals surface area contributed by atoms with Gasteiger partial charge in [0.2, 0.25) is 0 Å². The van der Waals surface area contributed by atoms with E-state index in [0.717, 1.165) is 31.4 Å². The van der Waals surface area contributed by atoms with E-state index in [9.17, 15) is 5.21 Å². The Labute approximate surface area is 74.2 Å². The van der Waals surface area contributed by atoms with Crippen molar-refractivity contribution in [1.29, 1.82) is 0 Å². The van der Waals surface area contributed by atoms with Crippen LogP contribution in [0.1, 0.15) is 39.0 Å². The molecule has 1 aliphatic heterocycles. The fraction of sp³-hybridized carbons (Fsp3) is 0.700. The number of nitrogens with zero attached hydrogens (tertiary/aromatic N) is 1. The second-order valence-electron chi connectivity index (χ2n) is 3.47. The standard InChI is InChI=1S/C10H17NO/c1-3-4-7-10-8-5-6-9(2)11(10)12/h3,10H,1,4-8H2,2H3. The van der Waals surface area contributed by atoms with E-state index in [0.29, 0.717) is 0 Å². The predicted octanol–water partition coefficient (Wildman–Crippen LogP) is 2.48. The molecule has 2 nitrogen and oxygen atoms in total. The lowest BCUT2D eigenvalue weighted by Gasteiger charge is -2.22. The van der Waals surface area contributed by atoms with Crippen LogP contribution in [0.4, 0.5) is 0 Å². The van der Waals surface area contributed by atoms with Crippen molar-refractivity contribution in [3.63, 3.8) is 0 Å². The first kappa shape index (κ1) is 9.30. The van der Waals surface area contributed by atoms with E-state index in [-0.39, 0.29) is 6.04 Å². The third-order valence-corrected chi connectivity index (χ3v) is 2.49. The fourth-order valence-electron chi connectivity index (χ4n) is 1.70. The van der Waals surface area contributed by atoms with Crippen molar-refractivity contribution >= 4 is 5.71 Å². The van der Waals surface area contributed by atoms with Gasteiger partial charge < -0.3 is 5.21 Å². The molecule has 0 aliphatic carbocycles. The molecule has 0 aromatic rings. The topological polar surface area (TPSA) is 26.1 Å². The largest absolute Gasteiger partial charge is 0.624 e. The fourth-order valence-corrected chi connectivity index (χ4v) is 1.70. The Kier molecular flexibility index (Phi) is 3.32. The molecule has 0 radical (unpaired) electrons. The van der Waals surface area contributed by atoms with E-state index < -0.39 is 0 Å². The van der Waals surface area contributed by atoms with Gasteiger partial charge in [0.25, 0.3) is 0 Å². The molecule has 1 atom stereocenters. The minimum Gasteiger partial charge on any atom is -0.624 e. The van der Waals surface area contributed by atoms with Gasteiger partial charge in [0.05, 0.1) is 0 Å². The summed E-state index contributed by atoms with van der Waals surface area (Å²) in [6, 6.07) is 0.219. The maximum absolute atomic E-state index is 11.5. The highest BCUT2D eigenvalue weighted by Gasteiger charge is 2.22. The molecule has 0 bridgehead atoms. The summed E-state index contributed by atoms with van der Waals surface area (Å²) in [5.41, 5.74) is 0.996. The van der Waals surface area contributed by atoms with Crippen LogP contribution in [0.15, 0.2) is 12.7 Å². The number of rotatable bonds is 3. The number of allylic oxidation sites excluding steroid dienone is 1. The number of hydrogen-bond acceptors (Lipinski definition) is 1. The van der Waals surface area contributed by atoms with E-state index in [1.54, 1.807) is 0 Å². The molecular formula is C10H17NO. The van der Waals surface area contributed by atoms with Gasteiger partial charge in [0, 0.05) is 26.2 Å². The highest BCUT2D eigenvalue weighted by atomic mass is 16.5. The van der Waals surface area contributed by atoms with E-state index in [1.807, 2.05) is 13.0 Å². The molecule has 0 aromatic heterocycles. The molecule has 1 rings (SSSR count). The van der Waals surface area contributed by atoms with Crippen molar-refractivity contribution in [1.82, 2.24) is 0 Å². The summed E-state index contributed by atoms with van der Waals surface area (Å²) in [5.74, 6) is 0. The van der Waals surface area contributed by atoms with Crippen molar-refractivity contribution in [2.75, 3.05) is 0 Å². The van der Waals surface area contributed by atoms with E-state index in [1.165, 1.54) is 11.2 Å². The van der Waals surface area contributed by atoms with Gasteiger partial charge in [-0.2, -0.15) is 0 Å². The van der Waals surface area contributed by atoms with Gasteiger partial charge in [-0.25, -0.2) is 4.74 Å². The third kappa shape index (κ3) is 2.10. The number of hydrogen-bond donors (Lipinski definition) is 0. The van der Waals surface area contributed by atoms with Crippen LogP contribution in [0, 0.1) is 5.21 Å². The third-order valence-electron chi connectivity index (χ3n) is 2.49. The van der Waals surface area contributed by atoms with E-state index in [4.69, 9.17) is 0 Å². The van der Waals surface area contributed by atoms with Crippen LogP contribution in [0.25, 0.3) is 0 Å². The Balaban J connectivity index is 2.52. The average molecular weight is 167 g/mol. The van der Waals surface area contributed by atoms with Crippen molar-refractivity contribution in [2.45, 2.75) is 45.1 Å². The zero-order chi connectivity index (χ0) is 8.97. The highest BCUT2D eigenvalue weighted by Crippen LogP contribution is 2.16. The Morgan fingerprint density at radius 3 is 3.17 bits per heavy atom. The molecule has 0 saturated carbocycles. The Hall–Kier alpha value is -0.790. The first-order chi connectivity index (χ1) is 5.75. The summed E-state index contributed by atoms with van der Waals surface area (Å²) in [5, 5.41) is 11.5. The second-order valence-corrected chi connectivity index (χ2v) is 3.47. The van der Waals surface area contributed by atoms with Crippen LogP contribution in [0.3, 0.4) is 0 Å². The molecule has 0 N–H and O–H groups in total. The Morgan fingerprint density at radius 1 is 1.75 bits per heavy atom. The quantitative estimate of drug-likeness (QED) is 0.360. The molecule has 0 aromatic carbocycles. The molecule has 68 valence electrons. The lowest BCUT2D eigenvalue weighted by atomic mass is 9.99. The van der Waals surface area contributed by atoms with Gasteiger partial charge in [-0.1, -0.05) is 6.08 Å². The van der Waals surface area contributed by atoms with Crippen molar-refractivity contribution < 1.29 is 4.74 Å². The molecule has 0 spiro atoms. The first-order valence-electron chi connectivity index (χ1n) is 4.65. The highest BCUT2D eigenvalue weighted by molar-refractivity contribution is 5.77. The lowest BCUT2D eigenvalue weighted by Crippen LogP contribution is -2.30. The maximum Gasteiger partial charge on any atom is 0.163 e. The minimum absolute atomic E-state index is 0.219. The van der Waals surface area contributed by atoms with Crippen LogP contribution in [0.5, 0.6) is 0 Å². The predicted molar refractivity (Wildman–Crippen MR) is 51.4 cm³/mol. The van der Waals surface area contributed by atoms with Gasteiger partial charge in [-0.15, -0.1) is 6.58 Å². The molecule has 2 heteroatoms. The maximum atomic E-state index is 11.5. The van der Waals surface area contributed by atoms with Crippen LogP contribution in [0.2, 0.25) is 0 Å². The summed E-state index contributed by atoms with van der Waals surface area (Å²) >= 11 is 0. The molecule has 1 unspecified atom stereocenters. The zero-order valence-corrected chi connectivity index (χ0v) is 7.75. The van der Waals surface area contributed by atoms with E-state index >= 15 is 0 Å². The smallest absolute Gasteiger partial charge is 0.163 e. The zero-order valence-electron chi connectivity index (χ0n) is 7.75. The molecular weight excluding hydrogens is 150 g/mol. The lowest BCUT2D eigenvalue weighted by molar-refractivity contribution is -0.509. The van der Waals surface area contributed by atoms with Gasteiger partial charge in [-0.3, -0.25) is 0 Å². The molecule has 1 aliphatic rings. The summed E-state index contributed by atoms with van der Waals surface area (Å²) in [6.45, 7) is 5.60. The average Bonchev–Trinajstić information content (AvgIpc) is 2.08. The van der Waals surface area contributed by atoms with E-state index in [2.05, 4.69) is 6.58 Å². The Morgan fingerprint density at radius 2 is 2.50 bits per heavy atom. The normalized spacial score (nSPS) is 24.2. The minimum atomic E-state index is 0.219. The van der Waals surface area contributed by atoms with Crippen molar-refractivity contribution in [3.05, 3.63) is 17.9 Å². The summed E-state index contributed by atoms with van der Waals surface area (Å²) in [7, 11) is 0. The first-order valence-corrected chi connectivity index (χ1v) is 4.65. The van der Waals surface area contributed by atoms with Crippen LogP contribution in [-0.4, -0.2) is 16.5 Å². The Bertz CT molecular complexity index is 196. The van der Waals surface area contributed by atoms with Crippen LogP contribution in [-0.2, 0) is 0 Å². The second kappa shape index (κ2) is 4.29. The molecule has 0 fully saturated rings. The van der Waals surface area contributed by atoms with Crippen LogP contribution < -0.4 is 0 Å². The monoisotopic (exact) mass is 167 g/mol. The van der Waals surface area contributed by atoms with Crippen molar-refractivity contribution in [3.8, 4) is 0 Å². The summed E-state index contributed by atoms with van der Waals surface area (Å²) < 4.78 is 1.20. The van der Waals surface area contributed by atoms with Crippen molar-refractivity contribution in [2.24, 2.45) is 0 Å². The van der Waals surface area contributed by atoms with Gasteiger partial charge >= 0.3 is 0 Å². The molecule has 12 heavy (non-hydrogen) atoms. The molecule has 0 amide bonds. The van der Waals surface area contributed by atoms with Gasteiger partial charge in [0.1, 0.15) is 0 Å².